The van der Waals surface area contributed by atoms with Gasteiger partial charge < -0.3 is 19.6 Å². The van der Waals surface area contributed by atoms with E-state index in [2.05, 4.69) is 27.6 Å². The number of rotatable bonds is 4. The van der Waals surface area contributed by atoms with Gasteiger partial charge in [0.2, 0.25) is 0 Å². The van der Waals surface area contributed by atoms with Gasteiger partial charge in [-0.05, 0) is 39.1 Å². The van der Waals surface area contributed by atoms with Gasteiger partial charge in [0.25, 0.3) is 0 Å². The number of nitro groups is 1. The first-order valence-electron chi connectivity index (χ1n) is 6.33. The van der Waals surface area contributed by atoms with Crippen LogP contribution >= 0.6 is 22.6 Å². The van der Waals surface area contributed by atoms with E-state index in [-0.39, 0.29) is 17.9 Å². The average molecular weight is 401 g/mol. The van der Waals surface area contributed by atoms with E-state index in [4.69, 9.17) is 9.47 Å². The number of aromatic nitrogens is 2. The Morgan fingerprint density at radius 1 is 1.52 bits per heavy atom. The molecule has 0 spiro atoms. The lowest BCUT2D eigenvalue weighted by Gasteiger charge is -2.22. The molecule has 0 amide bonds. The molecule has 1 aromatic heterocycles. The Kier molecular flexibility index (Phi) is 4.06. The van der Waals surface area contributed by atoms with Gasteiger partial charge in [0.15, 0.2) is 0 Å². The lowest BCUT2D eigenvalue weighted by atomic mass is 10.2. The van der Waals surface area contributed by atoms with Gasteiger partial charge in [-0.2, -0.15) is 0 Å². The van der Waals surface area contributed by atoms with Crippen LogP contribution in [0, 0.1) is 13.7 Å². The smallest absolute Gasteiger partial charge is 0.414 e. The molecule has 0 radical (unpaired) electrons. The van der Waals surface area contributed by atoms with Crippen molar-refractivity contribution in [3.63, 3.8) is 0 Å². The second kappa shape index (κ2) is 5.98. The Morgan fingerprint density at radius 2 is 2.33 bits per heavy atom. The fourth-order valence-electron chi connectivity index (χ4n) is 2.08. The van der Waals surface area contributed by atoms with E-state index in [1.54, 1.807) is 4.57 Å². The molecule has 8 heteroatoms. The molecule has 2 heterocycles. The number of ether oxygens (including phenoxy) is 2. The highest BCUT2D eigenvalue weighted by molar-refractivity contribution is 14.1. The number of nitrogens with zero attached hydrogens (tertiary/aromatic N) is 3. The highest BCUT2D eigenvalue weighted by atomic mass is 127. The van der Waals surface area contributed by atoms with Crippen molar-refractivity contribution in [2.45, 2.75) is 19.3 Å². The summed E-state index contributed by atoms with van der Waals surface area (Å²) in [5.74, 6) is -0.205. The van der Waals surface area contributed by atoms with E-state index in [9.17, 15) is 10.1 Å². The summed E-state index contributed by atoms with van der Waals surface area (Å²) in [6, 6.07) is 8.25. The van der Waals surface area contributed by atoms with Gasteiger partial charge in [0, 0.05) is 8.55 Å². The van der Waals surface area contributed by atoms with Crippen LogP contribution in [0.1, 0.15) is 5.56 Å². The van der Waals surface area contributed by atoms with Gasteiger partial charge in [-0.1, -0.05) is 18.2 Å². The van der Waals surface area contributed by atoms with Gasteiger partial charge >= 0.3 is 11.8 Å². The zero-order chi connectivity index (χ0) is 14.8. The summed E-state index contributed by atoms with van der Waals surface area (Å²) in [6.45, 7) is 1.33. The summed E-state index contributed by atoms with van der Waals surface area (Å²) in [7, 11) is 0. The van der Waals surface area contributed by atoms with Gasteiger partial charge in [0.1, 0.15) is 18.9 Å². The number of halogens is 1. The topological polar surface area (TPSA) is 79.4 Å². The molecular formula is C13H12IN3O4. The Morgan fingerprint density at radius 3 is 3.10 bits per heavy atom. The lowest BCUT2D eigenvalue weighted by molar-refractivity contribution is -0.389. The molecule has 0 unspecified atom stereocenters. The zero-order valence-electron chi connectivity index (χ0n) is 10.9. The molecule has 2 aromatic rings. The largest absolute Gasteiger partial charge is 0.443 e. The maximum atomic E-state index is 10.7. The molecule has 0 N–H and O–H groups in total. The van der Waals surface area contributed by atoms with Gasteiger partial charge in [-0.3, -0.25) is 4.57 Å². The molecule has 7 nitrogen and oxygen atoms in total. The third kappa shape index (κ3) is 3.16. The molecule has 0 fully saturated rings. The summed E-state index contributed by atoms with van der Waals surface area (Å²) in [4.78, 5) is 14.0. The normalized spacial score (nSPS) is 17.1. The van der Waals surface area contributed by atoms with Crippen LogP contribution in [0.3, 0.4) is 0 Å². The first kappa shape index (κ1) is 14.3. The van der Waals surface area contributed by atoms with Crippen molar-refractivity contribution in [1.29, 1.82) is 0 Å². The highest BCUT2D eigenvalue weighted by Gasteiger charge is 2.28. The Bertz CT molecular complexity index is 673. The van der Waals surface area contributed by atoms with Crippen LogP contribution in [0.15, 0.2) is 30.5 Å². The van der Waals surface area contributed by atoms with Crippen molar-refractivity contribution in [2.75, 3.05) is 6.61 Å². The minimum Gasteiger partial charge on any atom is -0.443 e. The highest BCUT2D eigenvalue weighted by Crippen LogP contribution is 2.23. The van der Waals surface area contributed by atoms with E-state index in [0.717, 1.165) is 9.13 Å². The molecule has 0 saturated carbocycles. The lowest BCUT2D eigenvalue weighted by Crippen LogP contribution is -2.32. The van der Waals surface area contributed by atoms with Crippen LogP contribution in [0.4, 0.5) is 5.82 Å². The number of fused-ring (bicyclic) bond motifs is 1. The molecular weight excluding hydrogens is 389 g/mol. The minimum atomic E-state index is -0.531. The van der Waals surface area contributed by atoms with Crippen LogP contribution in [0.2, 0.25) is 0 Å². The third-order valence-corrected chi connectivity index (χ3v) is 4.20. The number of benzene rings is 1. The molecule has 0 saturated heterocycles. The summed E-state index contributed by atoms with van der Waals surface area (Å²) in [5, 5.41) is 10.7. The molecule has 3 rings (SSSR count). The fraction of sp³-hybridized carbons (Fsp3) is 0.308. The predicted octanol–water partition coefficient (Wildman–Crippen LogP) is 2.37. The Balaban J connectivity index is 1.64. The van der Waals surface area contributed by atoms with Crippen molar-refractivity contribution < 1.29 is 14.4 Å². The molecule has 110 valence electrons. The van der Waals surface area contributed by atoms with Crippen LogP contribution in [0.5, 0.6) is 6.01 Å². The van der Waals surface area contributed by atoms with E-state index in [1.165, 1.54) is 6.20 Å². The maximum absolute atomic E-state index is 10.7. The maximum Gasteiger partial charge on any atom is 0.414 e. The van der Waals surface area contributed by atoms with Crippen molar-refractivity contribution in [3.8, 4) is 6.01 Å². The summed E-state index contributed by atoms with van der Waals surface area (Å²) in [6.07, 6.45) is 1.22. The molecule has 1 aliphatic rings. The van der Waals surface area contributed by atoms with Gasteiger partial charge in [-0.15, -0.1) is 0 Å². The van der Waals surface area contributed by atoms with Crippen molar-refractivity contribution in [1.82, 2.24) is 9.55 Å². The van der Waals surface area contributed by atoms with Crippen molar-refractivity contribution in [2.24, 2.45) is 0 Å². The van der Waals surface area contributed by atoms with E-state index in [0.29, 0.717) is 19.8 Å². The Hall–Kier alpha value is -1.68. The third-order valence-electron chi connectivity index (χ3n) is 3.15. The predicted molar refractivity (Wildman–Crippen MR) is 82.1 cm³/mol. The van der Waals surface area contributed by atoms with Crippen LogP contribution < -0.4 is 4.74 Å². The SMILES string of the molecule is O=[N+]([O-])c1cn2c(n1)OC[C@@H](OCc1ccccc1I)C2. The molecule has 1 aromatic carbocycles. The number of hydrogen-bond acceptors (Lipinski definition) is 5. The van der Waals surface area contributed by atoms with Crippen LogP contribution in [0.25, 0.3) is 0 Å². The second-order valence-electron chi connectivity index (χ2n) is 4.63. The van der Waals surface area contributed by atoms with Gasteiger partial charge in [-0.25, -0.2) is 0 Å². The molecule has 1 atom stereocenters. The summed E-state index contributed by atoms with van der Waals surface area (Å²) in [5.41, 5.74) is 1.11. The Labute approximate surface area is 134 Å². The molecule has 21 heavy (non-hydrogen) atoms. The van der Waals surface area contributed by atoms with E-state index >= 15 is 0 Å². The number of imidazole rings is 1. The first-order chi connectivity index (χ1) is 10.1. The fourth-order valence-corrected chi connectivity index (χ4v) is 2.63. The first-order valence-corrected chi connectivity index (χ1v) is 7.40. The van der Waals surface area contributed by atoms with Crippen molar-refractivity contribution >= 4 is 28.4 Å². The number of hydrogen-bond donors (Lipinski definition) is 0. The van der Waals surface area contributed by atoms with E-state index < -0.39 is 4.92 Å². The monoisotopic (exact) mass is 401 g/mol. The van der Waals surface area contributed by atoms with E-state index in [1.807, 2.05) is 24.3 Å². The zero-order valence-corrected chi connectivity index (χ0v) is 13.1. The van der Waals surface area contributed by atoms with Crippen molar-refractivity contribution in [3.05, 3.63) is 49.7 Å². The minimum absolute atomic E-state index is 0.151. The van der Waals surface area contributed by atoms with Crippen LogP contribution in [-0.2, 0) is 17.9 Å². The molecule has 0 bridgehead atoms. The van der Waals surface area contributed by atoms with Crippen LogP contribution in [-0.4, -0.2) is 27.2 Å². The second-order valence-corrected chi connectivity index (χ2v) is 5.79. The molecule has 1 aliphatic heterocycles. The molecule has 0 aliphatic carbocycles. The quantitative estimate of drug-likeness (QED) is 0.447. The standard InChI is InChI=1S/C13H12IN3O4/c14-11-4-2-1-3-9(11)7-20-10-5-16-6-12(17(18)19)15-13(16)21-8-10/h1-4,6,10H,5,7-8H2/t10-/m0/s1. The summed E-state index contributed by atoms with van der Waals surface area (Å²) >= 11 is 2.26. The summed E-state index contributed by atoms with van der Waals surface area (Å²) < 4.78 is 14.0. The van der Waals surface area contributed by atoms with Gasteiger partial charge in [0.05, 0.1) is 13.2 Å². The average Bonchev–Trinajstić information content (AvgIpc) is 2.90.